The Labute approximate surface area is 93.7 Å². The summed E-state index contributed by atoms with van der Waals surface area (Å²) in [5.74, 6) is 0.561. The summed E-state index contributed by atoms with van der Waals surface area (Å²) in [6.45, 7) is 3.69. The van der Waals surface area contributed by atoms with Crippen molar-refractivity contribution in [2.24, 2.45) is 5.92 Å². The third kappa shape index (κ3) is 3.46. The molecule has 2 atom stereocenters. The summed E-state index contributed by atoms with van der Waals surface area (Å²) in [6.07, 6.45) is 10.3. The first-order valence-corrected chi connectivity index (χ1v) is 6.76. The highest BCUT2D eigenvalue weighted by atomic mass is 16.3. The van der Waals surface area contributed by atoms with Crippen molar-refractivity contribution in [1.29, 1.82) is 0 Å². The Morgan fingerprint density at radius 3 is 2.33 bits per heavy atom. The highest BCUT2D eigenvalue weighted by molar-refractivity contribution is 4.77. The van der Waals surface area contributed by atoms with E-state index in [4.69, 9.17) is 0 Å². The van der Waals surface area contributed by atoms with Crippen LogP contribution in [0.15, 0.2) is 0 Å². The Morgan fingerprint density at radius 2 is 1.53 bits per heavy atom. The predicted octanol–water partition coefficient (Wildman–Crippen LogP) is 2.41. The van der Waals surface area contributed by atoms with Gasteiger partial charge in [0.25, 0.3) is 0 Å². The van der Waals surface area contributed by atoms with Gasteiger partial charge in [0, 0.05) is 6.54 Å². The predicted molar refractivity (Wildman–Crippen MR) is 62.9 cm³/mol. The van der Waals surface area contributed by atoms with Gasteiger partial charge in [-0.05, 0) is 44.7 Å². The molecule has 0 aromatic rings. The van der Waals surface area contributed by atoms with Gasteiger partial charge in [-0.3, -0.25) is 0 Å². The minimum atomic E-state index is -0.0190. The molecular formula is C13H25NO. The summed E-state index contributed by atoms with van der Waals surface area (Å²) in [4.78, 5) is 2.57. The molecule has 2 fully saturated rings. The molecule has 1 saturated carbocycles. The molecule has 0 amide bonds. The number of nitrogens with zero attached hydrogens (tertiary/aromatic N) is 1. The summed E-state index contributed by atoms with van der Waals surface area (Å²) in [5, 5.41) is 10.1. The normalized spacial score (nSPS) is 35.0. The highest BCUT2D eigenvalue weighted by Gasteiger charge is 2.24. The summed E-state index contributed by atoms with van der Waals surface area (Å²) < 4.78 is 0. The minimum Gasteiger partial charge on any atom is -0.393 e. The molecule has 15 heavy (non-hydrogen) atoms. The summed E-state index contributed by atoms with van der Waals surface area (Å²) in [5.41, 5.74) is 0. The van der Waals surface area contributed by atoms with E-state index in [1.807, 2.05) is 0 Å². The standard InChI is InChI=1S/C13H25NO/c15-13-8-4-1-3-7-12(13)11-14-9-5-2-6-10-14/h12-13,15H,1-11H2. The van der Waals surface area contributed by atoms with Crippen LogP contribution in [0.1, 0.15) is 51.4 Å². The molecule has 0 spiro atoms. The van der Waals surface area contributed by atoms with Crippen LogP contribution < -0.4 is 0 Å². The van der Waals surface area contributed by atoms with Gasteiger partial charge in [-0.2, -0.15) is 0 Å². The van der Waals surface area contributed by atoms with E-state index in [1.54, 1.807) is 0 Å². The zero-order valence-electron chi connectivity index (χ0n) is 9.83. The van der Waals surface area contributed by atoms with Gasteiger partial charge in [-0.1, -0.05) is 25.7 Å². The molecule has 1 N–H and O–H groups in total. The second kappa shape index (κ2) is 5.86. The quantitative estimate of drug-likeness (QED) is 0.709. The average Bonchev–Trinajstić information content (AvgIpc) is 2.46. The van der Waals surface area contributed by atoms with E-state index in [9.17, 15) is 5.11 Å². The maximum Gasteiger partial charge on any atom is 0.0580 e. The van der Waals surface area contributed by atoms with Crippen LogP contribution in [0.3, 0.4) is 0 Å². The monoisotopic (exact) mass is 211 g/mol. The molecule has 2 heteroatoms. The van der Waals surface area contributed by atoms with E-state index < -0.39 is 0 Å². The van der Waals surface area contributed by atoms with Gasteiger partial charge in [0.2, 0.25) is 0 Å². The van der Waals surface area contributed by atoms with E-state index in [0.717, 1.165) is 13.0 Å². The molecule has 0 bridgehead atoms. The van der Waals surface area contributed by atoms with Crippen LogP contribution in [0.4, 0.5) is 0 Å². The van der Waals surface area contributed by atoms with Crippen molar-refractivity contribution >= 4 is 0 Å². The van der Waals surface area contributed by atoms with Crippen LogP contribution in [0.5, 0.6) is 0 Å². The number of aliphatic hydroxyl groups is 1. The van der Waals surface area contributed by atoms with Gasteiger partial charge in [0.1, 0.15) is 0 Å². The summed E-state index contributed by atoms with van der Waals surface area (Å²) in [7, 11) is 0. The molecule has 2 rings (SSSR count). The molecule has 1 aliphatic heterocycles. The molecule has 0 aromatic carbocycles. The van der Waals surface area contributed by atoms with Crippen molar-refractivity contribution in [3.05, 3.63) is 0 Å². The molecular weight excluding hydrogens is 186 g/mol. The first-order valence-electron chi connectivity index (χ1n) is 6.76. The van der Waals surface area contributed by atoms with E-state index in [1.165, 1.54) is 58.0 Å². The molecule has 2 aliphatic rings. The third-order valence-electron chi connectivity index (χ3n) is 4.06. The first kappa shape index (κ1) is 11.4. The number of likely N-dealkylation sites (tertiary alicyclic amines) is 1. The van der Waals surface area contributed by atoms with Crippen molar-refractivity contribution in [3.8, 4) is 0 Å². The Hall–Kier alpha value is -0.0800. The Kier molecular flexibility index (Phi) is 4.45. The fourth-order valence-corrected chi connectivity index (χ4v) is 3.05. The molecule has 0 aromatic heterocycles. The lowest BCUT2D eigenvalue weighted by Crippen LogP contribution is -2.37. The SMILES string of the molecule is OC1CCCCCC1CN1CCCCC1. The third-order valence-corrected chi connectivity index (χ3v) is 4.06. The van der Waals surface area contributed by atoms with Gasteiger partial charge in [0.05, 0.1) is 6.10 Å². The van der Waals surface area contributed by atoms with Gasteiger partial charge < -0.3 is 10.0 Å². The molecule has 1 heterocycles. The highest BCUT2D eigenvalue weighted by Crippen LogP contribution is 2.25. The van der Waals surface area contributed by atoms with E-state index in [2.05, 4.69) is 4.90 Å². The molecule has 1 aliphatic carbocycles. The Bertz CT molecular complexity index is 177. The number of piperidine rings is 1. The maximum absolute atomic E-state index is 10.1. The number of hydrogen-bond acceptors (Lipinski definition) is 2. The second-order valence-electron chi connectivity index (χ2n) is 5.33. The summed E-state index contributed by atoms with van der Waals surface area (Å²) >= 11 is 0. The van der Waals surface area contributed by atoms with Crippen LogP contribution in [0, 0.1) is 5.92 Å². The second-order valence-corrected chi connectivity index (χ2v) is 5.33. The lowest BCUT2D eigenvalue weighted by molar-refractivity contribution is 0.0681. The van der Waals surface area contributed by atoms with Gasteiger partial charge in [-0.15, -0.1) is 0 Å². The van der Waals surface area contributed by atoms with Crippen molar-refractivity contribution in [3.63, 3.8) is 0 Å². The molecule has 0 radical (unpaired) electrons. The van der Waals surface area contributed by atoms with Crippen LogP contribution in [0.25, 0.3) is 0 Å². The topological polar surface area (TPSA) is 23.5 Å². The number of rotatable bonds is 2. The number of aliphatic hydroxyl groups excluding tert-OH is 1. The van der Waals surface area contributed by atoms with Crippen LogP contribution >= 0.6 is 0 Å². The lowest BCUT2D eigenvalue weighted by Gasteiger charge is -2.31. The Balaban J connectivity index is 1.79. The summed E-state index contributed by atoms with van der Waals surface area (Å²) in [6, 6.07) is 0. The Morgan fingerprint density at radius 1 is 0.867 bits per heavy atom. The van der Waals surface area contributed by atoms with Gasteiger partial charge in [0.15, 0.2) is 0 Å². The van der Waals surface area contributed by atoms with Gasteiger partial charge in [-0.25, -0.2) is 0 Å². The van der Waals surface area contributed by atoms with E-state index in [-0.39, 0.29) is 6.10 Å². The largest absolute Gasteiger partial charge is 0.393 e. The maximum atomic E-state index is 10.1. The molecule has 2 nitrogen and oxygen atoms in total. The zero-order chi connectivity index (χ0) is 10.5. The van der Waals surface area contributed by atoms with Crippen LogP contribution in [0.2, 0.25) is 0 Å². The first-order chi connectivity index (χ1) is 7.36. The number of hydrogen-bond donors (Lipinski definition) is 1. The van der Waals surface area contributed by atoms with Crippen LogP contribution in [-0.2, 0) is 0 Å². The van der Waals surface area contributed by atoms with Crippen molar-refractivity contribution in [2.45, 2.75) is 57.5 Å². The molecule has 88 valence electrons. The van der Waals surface area contributed by atoms with Crippen LogP contribution in [-0.4, -0.2) is 35.7 Å². The molecule has 2 unspecified atom stereocenters. The minimum absolute atomic E-state index is 0.0190. The fourth-order valence-electron chi connectivity index (χ4n) is 3.05. The lowest BCUT2D eigenvalue weighted by atomic mass is 9.96. The van der Waals surface area contributed by atoms with Gasteiger partial charge >= 0.3 is 0 Å². The zero-order valence-corrected chi connectivity index (χ0v) is 9.83. The smallest absolute Gasteiger partial charge is 0.0580 e. The van der Waals surface area contributed by atoms with Crippen molar-refractivity contribution in [2.75, 3.05) is 19.6 Å². The fraction of sp³-hybridized carbons (Fsp3) is 1.00. The van der Waals surface area contributed by atoms with E-state index >= 15 is 0 Å². The van der Waals surface area contributed by atoms with Crippen molar-refractivity contribution < 1.29 is 5.11 Å². The van der Waals surface area contributed by atoms with E-state index in [0.29, 0.717) is 5.92 Å². The molecule has 1 saturated heterocycles. The van der Waals surface area contributed by atoms with Crippen molar-refractivity contribution in [1.82, 2.24) is 4.90 Å². The average molecular weight is 211 g/mol.